The van der Waals surface area contributed by atoms with Crippen molar-refractivity contribution < 1.29 is 4.79 Å². The second-order valence-electron chi connectivity index (χ2n) is 3.90. The molecule has 2 saturated heterocycles. The van der Waals surface area contributed by atoms with Crippen LogP contribution in [0.1, 0.15) is 19.3 Å². The first-order chi connectivity index (χ1) is 5.77. The van der Waals surface area contributed by atoms with Gasteiger partial charge < -0.3 is 9.80 Å². The van der Waals surface area contributed by atoms with E-state index in [1.165, 1.54) is 6.42 Å². The van der Waals surface area contributed by atoms with Crippen molar-refractivity contribution in [1.29, 1.82) is 0 Å². The van der Waals surface area contributed by atoms with E-state index in [0.717, 1.165) is 32.5 Å². The topological polar surface area (TPSA) is 23.6 Å². The summed E-state index contributed by atoms with van der Waals surface area (Å²) in [5.74, 6) is 0.371. The van der Waals surface area contributed by atoms with Crippen LogP contribution in [0.5, 0.6) is 0 Å². The molecule has 1 unspecified atom stereocenters. The van der Waals surface area contributed by atoms with Gasteiger partial charge in [0.1, 0.15) is 0 Å². The summed E-state index contributed by atoms with van der Waals surface area (Å²) in [7, 11) is 2.13. The third-order valence-corrected chi connectivity index (χ3v) is 2.92. The number of nitrogens with zero attached hydrogens (tertiary/aromatic N) is 2. The Bertz CT molecular complexity index is 193. The van der Waals surface area contributed by atoms with E-state index in [0.29, 0.717) is 11.9 Å². The smallest absolute Gasteiger partial charge is 0.222 e. The Morgan fingerprint density at radius 1 is 1.42 bits per heavy atom. The molecule has 0 aromatic carbocycles. The molecule has 0 aliphatic carbocycles. The molecule has 1 atom stereocenters. The summed E-state index contributed by atoms with van der Waals surface area (Å²) >= 11 is 0. The maximum atomic E-state index is 11.4. The molecule has 0 saturated carbocycles. The fourth-order valence-electron chi connectivity index (χ4n) is 2.22. The highest BCUT2D eigenvalue weighted by atomic mass is 16.2. The van der Waals surface area contributed by atoms with Gasteiger partial charge in [-0.25, -0.2) is 0 Å². The lowest BCUT2D eigenvalue weighted by Crippen LogP contribution is -2.37. The molecular formula is C9H16N2O. The van der Waals surface area contributed by atoms with E-state index < -0.39 is 0 Å². The van der Waals surface area contributed by atoms with E-state index in [1.807, 2.05) is 0 Å². The molecule has 2 heterocycles. The first-order valence-electron chi connectivity index (χ1n) is 4.75. The molecule has 3 nitrogen and oxygen atoms in total. The Morgan fingerprint density at radius 3 is 2.75 bits per heavy atom. The number of hydrogen-bond donors (Lipinski definition) is 0. The number of likely N-dealkylation sites (tertiary alicyclic amines) is 2. The molecule has 2 fully saturated rings. The van der Waals surface area contributed by atoms with Crippen LogP contribution in [0, 0.1) is 0 Å². The average Bonchev–Trinajstić information content (AvgIpc) is 2.58. The van der Waals surface area contributed by atoms with Crippen LogP contribution >= 0.6 is 0 Å². The van der Waals surface area contributed by atoms with Crippen LogP contribution in [0.15, 0.2) is 0 Å². The lowest BCUT2D eigenvalue weighted by Gasteiger charge is -2.23. The maximum absolute atomic E-state index is 11.4. The zero-order chi connectivity index (χ0) is 8.55. The van der Waals surface area contributed by atoms with Crippen molar-refractivity contribution in [2.75, 3.05) is 26.7 Å². The van der Waals surface area contributed by atoms with Crippen LogP contribution in [-0.2, 0) is 4.79 Å². The molecule has 1 amide bonds. The summed E-state index contributed by atoms with van der Waals surface area (Å²) in [4.78, 5) is 15.8. The van der Waals surface area contributed by atoms with Crippen LogP contribution in [0.4, 0.5) is 0 Å². The predicted octanol–water partition coefficient (Wildman–Crippen LogP) is 0.313. The summed E-state index contributed by atoms with van der Waals surface area (Å²) in [6.07, 6.45) is 3.02. The van der Waals surface area contributed by atoms with E-state index in [9.17, 15) is 4.79 Å². The summed E-state index contributed by atoms with van der Waals surface area (Å²) in [5.41, 5.74) is 0. The van der Waals surface area contributed by atoms with Crippen LogP contribution < -0.4 is 0 Å². The van der Waals surface area contributed by atoms with Crippen molar-refractivity contribution in [1.82, 2.24) is 9.80 Å². The van der Waals surface area contributed by atoms with Gasteiger partial charge in [0.05, 0.1) is 0 Å². The van der Waals surface area contributed by atoms with Gasteiger partial charge in [-0.3, -0.25) is 4.79 Å². The SMILES string of the molecule is CN1CCC(N2CCCC2=O)C1. The lowest BCUT2D eigenvalue weighted by atomic mass is 10.2. The van der Waals surface area contributed by atoms with Crippen LogP contribution in [0.25, 0.3) is 0 Å². The van der Waals surface area contributed by atoms with E-state index in [2.05, 4.69) is 16.8 Å². The van der Waals surface area contributed by atoms with E-state index in [-0.39, 0.29) is 0 Å². The van der Waals surface area contributed by atoms with Crippen LogP contribution in [0.2, 0.25) is 0 Å². The van der Waals surface area contributed by atoms with Crippen LogP contribution in [0.3, 0.4) is 0 Å². The Balaban J connectivity index is 1.96. The molecule has 2 aliphatic rings. The Hall–Kier alpha value is -0.570. The number of carbonyl (C=O) groups is 1. The summed E-state index contributed by atoms with van der Waals surface area (Å²) in [6, 6.07) is 0.519. The molecule has 0 N–H and O–H groups in total. The second kappa shape index (κ2) is 3.05. The molecular weight excluding hydrogens is 152 g/mol. The molecule has 12 heavy (non-hydrogen) atoms. The van der Waals surface area contributed by atoms with E-state index in [1.54, 1.807) is 0 Å². The van der Waals surface area contributed by atoms with Crippen molar-refractivity contribution in [3.63, 3.8) is 0 Å². The zero-order valence-corrected chi connectivity index (χ0v) is 7.62. The Kier molecular flexibility index (Phi) is 2.05. The van der Waals surface area contributed by atoms with Crippen LogP contribution in [-0.4, -0.2) is 48.4 Å². The summed E-state index contributed by atoms with van der Waals surface area (Å²) < 4.78 is 0. The molecule has 68 valence electrons. The zero-order valence-electron chi connectivity index (χ0n) is 7.62. The van der Waals surface area contributed by atoms with Gasteiger partial charge in [-0.2, -0.15) is 0 Å². The molecule has 0 radical (unpaired) electrons. The van der Waals surface area contributed by atoms with Gasteiger partial charge in [-0.1, -0.05) is 0 Å². The van der Waals surface area contributed by atoms with Crippen molar-refractivity contribution in [3.8, 4) is 0 Å². The van der Waals surface area contributed by atoms with E-state index in [4.69, 9.17) is 0 Å². The maximum Gasteiger partial charge on any atom is 0.222 e. The minimum Gasteiger partial charge on any atom is -0.338 e. The lowest BCUT2D eigenvalue weighted by molar-refractivity contribution is -0.129. The van der Waals surface area contributed by atoms with Gasteiger partial charge in [0.25, 0.3) is 0 Å². The number of carbonyl (C=O) groups excluding carboxylic acids is 1. The third-order valence-electron chi connectivity index (χ3n) is 2.92. The molecule has 0 aromatic rings. The molecule has 0 spiro atoms. The fraction of sp³-hybridized carbons (Fsp3) is 0.889. The predicted molar refractivity (Wildman–Crippen MR) is 46.8 cm³/mol. The molecule has 3 heteroatoms. The van der Waals surface area contributed by atoms with Gasteiger partial charge in [-0.05, 0) is 26.4 Å². The normalized spacial score (nSPS) is 31.9. The molecule has 0 bridgehead atoms. The third kappa shape index (κ3) is 1.33. The van der Waals surface area contributed by atoms with Gasteiger partial charge >= 0.3 is 0 Å². The summed E-state index contributed by atoms with van der Waals surface area (Å²) in [6.45, 7) is 3.22. The highest BCUT2D eigenvalue weighted by molar-refractivity contribution is 5.78. The Labute approximate surface area is 73.3 Å². The first-order valence-corrected chi connectivity index (χ1v) is 4.75. The largest absolute Gasteiger partial charge is 0.338 e. The average molecular weight is 168 g/mol. The molecule has 2 rings (SSSR count). The molecule has 2 aliphatic heterocycles. The first kappa shape index (κ1) is 8.05. The van der Waals surface area contributed by atoms with Gasteiger partial charge in [-0.15, -0.1) is 0 Å². The van der Waals surface area contributed by atoms with Gasteiger partial charge in [0.15, 0.2) is 0 Å². The highest BCUT2D eigenvalue weighted by Gasteiger charge is 2.31. The fourth-order valence-corrected chi connectivity index (χ4v) is 2.22. The van der Waals surface area contributed by atoms with Gasteiger partial charge in [0, 0.05) is 25.6 Å². The minimum atomic E-state index is 0.371. The molecule has 0 aromatic heterocycles. The number of rotatable bonds is 1. The highest BCUT2D eigenvalue weighted by Crippen LogP contribution is 2.20. The van der Waals surface area contributed by atoms with Crippen molar-refractivity contribution >= 4 is 5.91 Å². The number of amides is 1. The summed E-state index contributed by atoms with van der Waals surface area (Å²) in [5, 5.41) is 0. The minimum absolute atomic E-state index is 0.371. The number of likely N-dealkylation sites (N-methyl/N-ethyl adjacent to an activating group) is 1. The van der Waals surface area contributed by atoms with E-state index >= 15 is 0 Å². The quantitative estimate of drug-likeness (QED) is 0.562. The van der Waals surface area contributed by atoms with Crippen molar-refractivity contribution in [2.24, 2.45) is 0 Å². The number of hydrogen-bond acceptors (Lipinski definition) is 2. The standard InChI is InChI=1S/C9H16N2O/c1-10-6-4-8(7-10)11-5-2-3-9(11)12/h8H,2-7H2,1H3. The monoisotopic (exact) mass is 168 g/mol. The van der Waals surface area contributed by atoms with Crippen molar-refractivity contribution in [2.45, 2.75) is 25.3 Å². The second-order valence-corrected chi connectivity index (χ2v) is 3.90. The Morgan fingerprint density at radius 2 is 2.25 bits per heavy atom. The van der Waals surface area contributed by atoms with Gasteiger partial charge in [0.2, 0.25) is 5.91 Å². The van der Waals surface area contributed by atoms with Crippen molar-refractivity contribution in [3.05, 3.63) is 0 Å².